The van der Waals surface area contributed by atoms with Crippen LogP contribution < -0.4 is 5.32 Å². The number of nitrogens with zero attached hydrogens (tertiary/aromatic N) is 2. The van der Waals surface area contributed by atoms with Gasteiger partial charge in [0.2, 0.25) is 5.89 Å². The summed E-state index contributed by atoms with van der Waals surface area (Å²) in [5.74, 6) is 0.451. The first kappa shape index (κ1) is 11.7. The highest BCUT2D eigenvalue weighted by atomic mass is 19.1. The average molecular weight is 235 g/mol. The van der Waals surface area contributed by atoms with Crippen LogP contribution in [0.3, 0.4) is 0 Å². The van der Waals surface area contributed by atoms with Crippen molar-refractivity contribution in [1.29, 1.82) is 0 Å². The minimum atomic E-state index is -0.167. The highest BCUT2D eigenvalue weighted by Crippen LogP contribution is 2.08. The summed E-state index contributed by atoms with van der Waals surface area (Å²) >= 11 is 0. The van der Waals surface area contributed by atoms with Crippen molar-refractivity contribution in [1.82, 2.24) is 15.5 Å². The SMILES string of the molecule is Cc1cc(CNCCc2ncno2)ccc1F. The lowest BCUT2D eigenvalue weighted by Gasteiger charge is -2.04. The van der Waals surface area contributed by atoms with Gasteiger partial charge in [0.25, 0.3) is 0 Å². The van der Waals surface area contributed by atoms with Gasteiger partial charge in [0.1, 0.15) is 5.82 Å². The molecular weight excluding hydrogens is 221 g/mol. The molecule has 0 aliphatic rings. The standard InChI is InChI=1S/C12H14FN3O/c1-9-6-10(2-3-11(9)13)7-14-5-4-12-15-8-16-17-12/h2-3,6,8,14H,4-5,7H2,1H3. The number of aryl methyl sites for hydroxylation is 1. The lowest BCUT2D eigenvalue weighted by atomic mass is 10.1. The predicted octanol–water partition coefficient (Wildman–Crippen LogP) is 1.85. The Morgan fingerprint density at radius 2 is 2.29 bits per heavy atom. The lowest BCUT2D eigenvalue weighted by molar-refractivity contribution is 0.375. The van der Waals surface area contributed by atoms with E-state index in [0.29, 0.717) is 24.4 Å². The van der Waals surface area contributed by atoms with Gasteiger partial charge in [-0.05, 0) is 24.1 Å². The highest BCUT2D eigenvalue weighted by Gasteiger charge is 2.00. The van der Waals surface area contributed by atoms with Gasteiger partial charge in [0.05, 0.1) is 0 Å². The smallest absolute Gasteiger partial charge is 0.227 e. The average Bonchev–Trinajstić information content (AvgIpc) is 2.82. The molecule has 0 fully saturated rings. The third-order valence-corrected chi connectivity index (χ3v) is 2.47. The molecule has 1 aromatic heterocycles. The Kier molecular flexibility index (Phi) is 3.82. The highest BCUT2D eigenvalue weighted by molar-refractivity contribution is 5.23. The van der Waals surface area contributed by atoms with Crippen molar-refractivity contribution in [3.63, 3.8) is 0 Å². The van der Waals surface area contributed by atoms with Crippen LogP contribution in [0.2, 0.25) is 0 Å². The molecule has 5 heteroatoms. The predicted molar refractivity (Wildman–Crippen MR) is 60.8 cm³/mol. The van der Waals surface area contributed by atoms with Gasteiger partial charge in [-0.25, -0.2) is 4.39 Å². The molecular formula is C12H14FN3O. The molecule has 0 saturated carbocycles. The van der Waals surface area contributed by atoms with Crippen molar-refractivity contribution in [3.05, 3.63) is 47.4 Å². The van der Waals surface area contributed by atoms with E-state index in [2.05, 4.69) is 15.5 Å². The van der Waals surface area contributed by atoms with Gasteiger partial charge in [-0.3, -0.25) is 0 Å². The van der Waals surface area contributed by atoms with Crippen LogP contribution in [-0.2, 0) is 13.0 Å². The Hall–Kier alpha value is -1.75. The first-order chi connectivity index (χ1) is 8.25. The summed E-state index contributed by atoms with van der Waals surface area (Å²) in [6, 6.07) is 5.11. The molecule has 1 aromatic carbocycles. The van der Waals surface area contributed by atoms with E-state index in [1.807, 2.05) is 6.07 Å². The van der Waals surface area contributed by atoms with Gasteiger partial charge in [-0.1, -0.05) is 17.3 Å². The maximum atomic E-state index is 13.0. The quantitative estimate of drug-likeness (QED) is 0.803. The number of aromatic nitrogens is 2. The van der Waals surface area contributed by atoms with Crippen molar-refractivity contribution in [3.8, 4) is 0 Å². The van der Waals surface area contributed by atoms with Gasteiger partial charge in [-0.2, -0.15) is 4.98 Å². The Morgan fingerprint density at radius 1 is 1.41 bits per heavy atom. The van der Waals surface area contributed by atoms with E-state index in [1.165, 1.54) is 12.4 Å². The maximum Gasteiger partial charge on any atom is 0.227 e. The number of hydrogen-bond acceptors (Lipinski definition) is 4. The molecule has 0 aliphatic heterocycles. The summed E-state index contributed by atoms with van der Waals surface area (Å²) in [7, 11) is 0. The molecule has 4 nitrogen and oxygen atoms in total. The van der Waals surface area contributed by atoms with Crippen LogP contribution in [0.15, 0.2) is 29.0 Å². The molecule has 2 rings (SSSR count). The zero-order chi connectivity index (χ0) is 12.1. The number of benzene rings is 1. The Balaban J connectivity index is 1.76. The lowest BCUT2D eigenvalue weighted by Crippen LogP contribution is -2.16. The van der Waals surface area contributed by atoms with E-state index in [0.717, 1.165) is 12.1 Å². The molecule has 0 bridgehead atoms. The van der Waals surface area contributed by atoms with Gasteiger partial charge in [0.15, 0.2) is 6.33 Å². The monoisotopic (exact) mass is 235 g/mol. The molecule has 0 amide bonds. The van der Waals surface area contributed by atoms with Crippen molar-refractivity contribution in [2.24, 2.45) is 0 Å². The second kappa shape index (κ2) is 5.54. The summed E-state index contributed by atoms with van der Waals surface area (Å²) in [6.07, 6.45) is 2.08. The van der Waals surface area contributed by atoms with Crippen LogP contribution >= 0.6 is 0 Å². The van der Waals surface area contributed by atoms with Crippen molar-refractivity contribution >= 4 is 0 Å². The van der Waals surface area contributed by atoms with E-state index in [4.69, 9.17) is 4.52 Å². The van der Waals surface area contributed by atoms with Crippen LogP contribution in [-0.4, -0.2) is 16.7 Å². The molecule has 0 radical (unpaired) electrons. The summed E-state index contributed by atoms with van der Waals surface area (Å²) in [4.78, 5) is 3.92. The molecule has 0 unspecified atom stereocenters. The summed E-state index contributed by atoms with van der Waals surface area (Å²) in [5, 5.41) is 6.76. The van der Waals surface area contributed by atoms with E-state index in [1.54, 1.807) is 13.0 Å². The van der Waals surface area contributed by atoms with Gasteiger partial charge < -0.3 is 9.84 Å². The first-order valence-corrected chi connectivity index (χ1v) is 5.47. The minimum Gasteiger partial charge on any atom is -0.340 e. The Labute approximate surface area is 98.8 Å². The molecule has 17 heavy (non-hydrogen) atoms. The number of halogens is 1. The Bertz CT molecular complexity index is 471. The molecule has 1 N–H and O–H groups in total. The zero-order valence-corrected chi connectivity index (χ0v) is 9.61. The normalized spacial score (nSPS) is 10.7. The van der Waals surface area contributed by atoms with Crippen molar-refractivity contribution in [2.75, 3.05) is 6.54 Å². The minimum absolute atomic E-state index is 0.167. The summed E-state index contributed by atoms with van der Waals surface area (Å²) in [5.41, 5.74) is 1.73. The largest absolute Gasteiger partial charge is 0.340 e. The van der Waals surface area contributed by atoms with Crippen LogP contribution in [0.1, 0.15) is 17.0 Å². The van der Waals surface area contributed by atoms with Gasteiger partial charge in [0, 0.05) is 19.5 Å². The van der Waals surface area contributed by atoms with Crippen molar-refractivity contribution < 1.29 is 8.91 Å². The molecule has 0 aliphatic carbocycles. The fraction of sp³-hybridized carbons (Fsp3) is 0.333. The van der Waals surface area contributed by atoms with E-state index in [-0.39, 0.29) is 5.82 Å². The molecule has 90 valence electrons. The van der Waals surface area contributed by atoms with E-state index < -0.39 is 0 Å². The number of rotatable bonds is 5. The van der Waals surface area contributed by atoms with E-state index in [9.17, 15) is 4.39 Å². The molecule has 0 atom stereocenters. The fourth-order valence-electron chi connectivity index (χ4n) is 1.55. The topological polar surface area (TPSA) is 51.0 Å². The van der Waals surface area contributed by atoms with Crippen LogP contribution in [0.25, 0.3) is 0 Å². The van der Waals surface area contributed by atoms with Crippen LogP contribution in [0.4, 0.5) is 4.39 Å². The third kappa shape index (κ3) is 3.35. The second-order valence-corrected chi connectivity index (χ2v) is 3.85. The van der Waals surface area contributed by atoms with Crippen molar-refractivity contribution in [2.45, 2.75) is 19.9 Å². The molecule has 0 saturated heterocycles. The molecule has 2 aromatic rings. The zero-order valence-electron chi connectivity index (χ0n) is 9.61. The summed E-state index contributed by atoms with van der Waals surface area (Å²) < 4.78 is 17.9. The third-order valence-electron chi connectivity index (χ3n) is 2.47. The van der Waals surface area contributed by atoms with Gasteiger partial charge in [-0.15, -0.1) is 0 Å². The Morgan fingerprint density at radius 3 is 3.00 bits per heavy atom. The first-order valence-electron chi connectivity index (χ1n) is 5.47. The van der Waals surface area contributed by atoms with Crippen LogP contribution in [0.5, 0.6) is 0 Å². The molecule has 1 heterocycles. The number of nitrogens with one attached hydrogen (secondary N) is 1. The molecule has 0 spiro atoms. The maximum absolute atomic E-state index is 13.0. The summed E-state index contributed by atoms with van der Waals surface area (Å²) in [6.45, 7) is 3.21. The number of hydrogen-bond donors (Lipinski definition) is 1. The van der Waals surface area contributed by atoms with Crippen LogP contribution in [0, 0.1) is 12.7 Å². The fourth-order valence-corrected chi connectivity index (χ4v) is 1.55. The second-order valence-electron chi connectivity index (χ2n) is 3.85. The van der Waals surface area contributed by atoms with Gasteiger partial charge >= 0.3 is 0 Å². The van der Waals surface area contributed by atoms with E-state index >= 15 is 0 Å².